The summed E-state index contributed by atoms with van der Waals surface area (Å²) in [6, 6.07) is 7.05. The molecule has 2 rings (SSSR count). The predicted octanol–water partition coefficient (Wildman–Crippen LogP) is 2.89. The summed E-state index contributed by atoms with van der Waals surface area (Å²) in [6.45, 7) is 2.21. The number of H-pyrrole nitrogens is 1. The topological polar surface area (TPSA) is 81.6 Å². The minimum absolute atomic E-state index is 0.0102. The van der Waals surface area contributed by atoms with Crippen LogP contribution >= 0.6 is 0 Å². The molecule has 0 aliphatic heterocycles. The molecular weight excluding hydrogens is 240 g/mol. The number of nitrogens with zero attached hydrogens (tertiary/aromatic N) is 3. The molecule has 5 heteroatoms. The molecule has 0 fully saturated rings. The molecule has 1 N–H and O–H groups in total. The van der Waals surface area contributed by atoms with Crippen molar-refractivity contribution < 1.29 is 0 Å². The van der Waals surface area contributed by atoms with Gasteiger partial charge in [0, 0.05) is 46.1 Å². The van der Waals surface area contributed by atoms with Gasteiger partial charge in [0.15, 0.2) is 5.43 Å². The Morgan fingerprint density at radius 1 is 1.42 bits per heavy atom. The van der Waals surface area contributed by atoms with Crippen molar-refractivity contribution >= 4 is 10.9 Å². The van der Waals surface area contributed by atoms with E-state index in [2.05, 4.69) is 26.9 Å². The zero-order valence-corrected chi connectivity index (χ0v) is 10.5. The van der Waals surface area contributed by atoms with Crippen LogP contribution in [0.1, 0.15) is 17.7 Å². The lowest BCUT2D eigenvalue weighted by Gasteiger charge is -2.00. The van der Waals surface area contributed by atoms with Crippen molar-refractivity contribution in [1.29, 1.82) is 0 Å². The summed E-state index contributed by atoms with van der Waals surface area (Å²) in [4.78, 5) is 17.6. The average molecular weight is 252 g/mol. The number of rotatable bonds is 2. The summed E-state index contributed by atoms with van der Waals surface area (Å²) >= 11 is 0. The van der Waals surface area contributed by atoms with Crippen molar-refractivity contribution in [1.82, 2.24) is 4.98 Å². The van der Waals surface area contributed by atoms with E-state index in [4.69, 9.17) is 5.53 Å². The Labute approximate surface area is 109 Å². The Kier molecular flexibility index (Phi) is 3.87. The third kappa shape index (κ3) is 3.15. The lowest BCUT2D eigenvalue weighted by atomic mass is 10.1. The van der Waals surface area contributed by atoms with Gasteiger partial charge in [-0.05, 0) is 30.7 Å². The summed E-state index contributed by atoms with van der Waals surface area (Å²) < 4.78 is 0. The number of hydrogen-bond acceptors (Lipinski definition) is 2. The number of nitrogens with one attached hydrogen (secondary N) is 1. The molecule has 0 amide bonds. The van der Waals surface area contributed by atoms with E-state index < -0.39 is 0 Å². The average Bonchev–Trinajstić information content (AvgIpc) is 2.39. The number of fused-ring (bicyclic) bond motifs is 1. The van der Waals surface area contributed by atoms with E-state index >= 15 is 0 Å². The highest BCUT2D eigenvalue weighted by atomic mass is 16.1. The molecule has 2 aromatic rings. The molecule has 0 aliphatic rings. The Hall–Kier alpha value is -2.70. The molecule has 0 aliphatic carbocycles. The van der Waals surface area contributed by atoms with Gasteiger partial charge in [0.1, 0.15) is 0 Å². The van der Waals surface area contributed by atoms with Gasteiger partial charge in [-0.15, -0.1) is 0 Å². The lowest BCUT2D eigenvalue weighted by molar-refractivity contribution is 1.01. The minimum Gasteiger partial charge on any atom is -0.358 e. The summed E-state index contributed by atoms with van der Waals surface area (Å²) in [5, 5.41) is 4.03. The van der Waals surface area contributed by atoms with E-state index in [-0.39, 0.29) is 5.43 Å². The van der Waals surface area contributed by atoms with E-state index in [1.807, 2.05) is 19.1 Å². The highest BCUT2D eigenvalue weighted by Crippen LogP contribution is 2.10. The number of hydrogen-bond donors (Lipinski definition) is 1. The Balaban J connectivity index is 2.31. The van der Waals surface area contributed by atoms with E-state index in [0.717, 1.165) is 16.8 Å². The molecule has 0 saturated heterocycles. The summed E-state index contributed by atoms with van der Waals surface area (Å²) in [5.41, 5.74) is 10.5. The number of azide groups is 1. The first-order valence-electron chi connectivity index (χ1n) is 5.84. The summed E-state index contributed by atoms with van der Waals surface area (Å²) in [7, 11) is 0. The number of benzene rings is 1. The van der Waals surface area contributed by atoms with Gasteiger partial charge >= 0.3 is 0 Å². The smallest absolute Gasteiger partial charge is 0.189 e. The fourth-order valence-electron chi connectivity index (χ4n) is 1.77. The van der Waals surface area contributed by atoms with E-state index in [0.29, 0.717) is 18.4 Å². The number of aromatic nitrogens is 1. The van der Waals surface area contributed by atoms with Crippen LogP contribution in [0.2, 0.25) is 0 Å². The summed E-state index contributed by atoms with van der Waals surface area (Å²) in [6.07, 6.45) is 0.506. The SMILES string of the molecule is Cc1cc(=O)c2cc(C#CCCN=[N+]=[N-])ccc2[nH]1. The quantitative estimate of drug-likeness (QED) is 0.288. The van der Waals surface area contributed by atoms with Gasteiger partial charge < -0.3 is 4.98 Å². The largest absolute Gasteiger partial charge is 0.358 e. The number of aromatic amines is 1. The number of pyridine rings is 1. The van der Waals surface area contributed by atoms with Crippen molar-refractivity contribution in [3.63, 3.8) is 0 Å². The molecule has 0 saturated carbocycles. The van der Waals surface area contributed by atoms with Gasteiger partial charge in [-0.1, -0.05) is 17.0 Å². The van der Waals surface area contributed by atoms with Crippen LogP contribution in [-0.2, 0) is 0 Å². The van der Waals surface area contributed by atoms with Crippen LogP contribution < -0.4 is 5.43 Å². The Bertz CT molecular complexity index is 773. The van der Waals surface area contributed by atoms with Crippen molar-refractivity contribution in [2.45, 2.75) is 13.3 Å². The normalized spacial score (nSPS) is 9.53. The molecule has 1 aromatic heterocycles. The summed E-state index contributed by atoms with van der Waals surface area (Å²) in [5.74, 6) is 5.86. The Morgan fingerprint density at radius 3 is 3.05 bits per heavy atom. The minimum atomic E-state index is -0.0102. The van der Waals surface area contributed by atoms with Crippen LogP contribution in [0, 0.1) is 18.8 Å². The zero-order chi connectivity index (χ0) is 13.7. The maximum absolute atomic E-state index is 11.8. The van der Waals surface area contributed by atoms with Crippen molar-refractivity contribution in [3.05, 3.63) is 56.2 Å². The van der Waals surface area contributed by atoms with Gasteiger partial charge in [0.05, 0.1) is 0 Å². The first-order valence-corrected chi connectivity index (χ1v) is 5.84. The molecular formula is C14H12N4O. The monoisotopic (exact) mass is 252 g/mol. The first kappa shape index (κ1) is 12.7. The molecule has 94 valence electrons. The second kappa shape index (κ2) is 5.76. The van der Waals surface area contributed by atoms with Gasteiger partial charge in [0.25, 0.3) is 0 Å². The third-order valence-electron chi connectivity index (χ3n) is 2.60. The highest BCUT2D eigenvalue weighted by molar-refractivity contribution is 5.80. The molecule has 1 aromatic carbocycles. The number of aryl methyl sites for hydroxylation is 1. The molecule has 0 unspecified atom stereocenters. The predicted molar refractivity (Wildman–Crippen MR) is 74.8 cm³/mol. The second-order valence-electron chi connectivity index (χ2n) is 4.08. The van der Waals surface area contributed by atoms with Gasteiger partial charge in [0.2, 0.25) is 0 Å². The highest BCUT2D eigenvalue weighted by Gasteiger charge is 2.00. The fraction of sp³-hybridized carbons (Fsp3) is 0.214. The fourth-order valence-corrected chi connectivity index (χ4v) is 1.77. The van der Waals surface area contributed by atoms with Gasteiger partial charge in [-0.25, -0.2) is 0 Å². The maximum Gasteiger partial charge on any atom is 0.189 e. The van der Waals surface area contributed by atoms with Crippen molar-refractivity contribution in [2.24, 2.45) is 5.11 Å². The van der Waals surface area contributed by atoms with Crippen LogP contribution in [0.25, 0.3) is 21.3 Å². The van der Waals surface area contributed by atoms with Gasteiger partial charge in [-0.3, -0.25) is 4.79 Å². The lowest BCUT2D eigenvalue weighted by Crippen LogP contribution is -2.02. The van der Waals surface area contributed by atoms with Crippen LogP contribution in [0.3, 0.4) is 0 Å². The second-order valence-corrected chi connectivity index (χ2v) is 4.08. The third-order valence-corrected chi connectivity index (χ3v) is 2.60. The molecule has 0 atom stereocenters. The van der Waals surface area contributed by atoms with E-state index in [1.165, 1.54) is 0 Å². The first-order chi connectivity index (χ1) is 9.20. The maximum atomic E-state index is 11.8. The van der Waals surface area contributed by atoms with Crippen LogP contribution in [0.4, 0.5) is 0 Å². The molecule has 0 bridgehead atoms. The van der Waals surface area contributed by atoms with E-state index in [9.17, 15) is 4.79 Å². The Morgan fingerprint density at radius 2 is 2.26 bits per heavy atom. The molecule has 1 heterocycles. The molecule has 0 radical (unpaired) electrons. The molecule has 19 heavy (non-hydrogen) atoms. The van der Waals surface area contributed by atoms with Gasteiger partial charge in [-0.2, -0.15) is 0 Å². The molecule has 0 spiro atoms. The van der Waals surface area contributed by atoms with Crippen LogP contribution in [-0.4, -0.2) is 11.5 Å². The van der Waals surface area contributed by atoms with E-state index in [1.54, 1.807) is 12.1 Å². The zero-order valence-electron chi connectivity index (χ0n) is 10.5. The van der Waals surface area contributed by atoms with Crippen molar-refractivity contribution in [2.75, 3.05) is 6.54 Å². The van der Waals surface area contributed by atoms with Crippen LogP contribution in [0.15, 0.2) is 34.2 Å². The molecule has 5 nitrogen and oxygen atoms in total. The standard InChI is InChI=1S/C14H12N4O/c1-10-8-14(19)12-9-11(5-6-13(12)17-10)4-2-3-7-16-18-15/h5-6,8-9H,3,7H2,1H3,(H,17,19). The van der Waals surface area contributed by atoms with Crippen molar-refractivity contribution in [3.8, 4) is 11.8 Å². The van der Waals surface area contributed by atoms with Crippen LogP contribution in [0.5, 0.6) is 0 Å².